The molecule has 0 N–H and O–H groups in total. The van der Waals surface area contributed by atoms with Crippen LogP contribution in [0.4, 0.5) is 0 Å². The third-order valence-corrected chi connectivity index (χ3v) is 5.31. The lowest BCUT2D eigenvalue weighted by Crippen LogP contribution is -1.99. The minimum atomic E-state index is 0.526. The minimum Gasteiger partial charge on any atom is -0.299 e. The average Bonchev–Trinajstić information content (AvgIpc) is 3.40. The lowest BCUT2D eigenvalue weighted by Gasteiger charge is -2.08. The Labute approximate surface area is 160 Å². The molecular formula is C20H16BrN3S. The largest absolute Gasteiger partial charge is 0.299 e. The standard InChI is InChI=1S/C20H16BrN3S/c21-17-10-8-16(9-11-17)19-22-23-20(24(19)18-12-13-18)25-14-4-7-15-5-2-1-3-6-15/h1-3,5-6,8-11,18H,12-14H2. The van der Waals surface area contributed by atoms with Crippen LogP contribution in [-0.4, -0.2) is 20.5 Å². The van der Waals surface area contributed by atoms with Crippen LogP contribution in [0.2, 0.25) is 0 Å². The van der Waals surface area contributed by atoms with Crippen LogP contribution in [0, 0.1) is 11.8 Å². The summed E-state index contributed by atoms with van der Waals surface area (Å²) >= 11 is 5.14. The average molecular weight is 410 g/mol. The fourth-order valence-corrected chi connectivity index (χ4v) is 3.60. The van der Waals surface area contributed by atoms with Gasteiger partial charge < -0.3 is 0 Å². The summed E-state index contributed by atoms with van der Waals surface area (Å²) in [5.74, 6) is 8.07. The summed E-state index contributed by atoms with van der Waals surface area (Å²) in [6.07, 6.45) is 2.40. The summed E-state index contributed by atoms with van der Waals surface area (Å²) < 4.78 is 3.34. The molecule has 1 saturated carbocycles. The second-order valence-corrected chi connectivity index (χ2v) is 7.73. The van der Waals surface area contributed by atoms with Crippen LogP contribution in [0.1, 0.15) is 24.4 Å². The highest BCUT2D eigenvalue weighted by atomic mass is 79.9. The maximum Gasteiger partial charge on any atom is 0.192 e. The maximum atomic E-state index is 4.44. The Morgan fingerprint density at radius 3 is 2.52 bits per heavy atom. The van der Waals surface area contributed by atoms with E-state index in [1.807, 2.05) is 42.5 Å². The first kappa shape index (κ1) is 16.4. The zero-order chi connectivity index (χ0) is 17.1. The van der Waals surface area contributed by atoms with Crippen molar-refractivity contribution < 1.29 is 0 Å². The zero-order valence-corrected chi connectivity index (χ0v) is 15.9. The molecule has 0 unspecified atom stereocenters. The number of halogens is 1. The van der Waals surface area contributed by atoms with E-state index < -0.39 is 0 Å². The van der Waals surface area contributed by atoms with Crippen molar-refractivity contribution in [3.05, 3.63) is 64.6 Å². The van der Waals surface area contributed by atoms with Crippen molar-refractivity contribution in [1.29, 1.82) is 0 Å². The summed E-state index contributed by atoms with van der Waals surface area (Å²) in [4.78, 5) is 0. The molecule has 0 aliphatic heterocycles. The van der Waals surface area contributed by atoms with Crippen LogP contribution in [0.3, 0.4) is 0 Å². The van der Waals surface area contributed by atoms with Gasteiger partial charge >= 0.3 is 0 Å². The second-order valence-electron chi connectivity index (χ2n) is 5.87. The maximum absolute atomic E-state index is 4.44. The smallest absolute Gasteiger partial charge is 0.192 e. The molecule has 0 bridgehead atoms. The molecule has 2 aromatic carbocycles. The van der Waals surface area contributed by atoms with Gasteiger partial charge in [0, 0.05) is 21.6 Å². The Hall–Kier alpha value is -2.03. The van der Waals surface area contributed by atoms with E-state index in [-0.39, 0.29) is 0 Å². The highest BCUT2D eigenvalue weighted by Gasteiger charge is 2.29. The van der Waals surface area contributed by atoms with Gasteiger partial charge in [-0.15, -0.1) is 10.2 Å². The number of nitrogens with zero attached hydrogens (tertiary/aromatic N) is 3. The van der Waals surface area contributed by atoms with Crippen LogP contribution < -0.4 is 0 Å². The molecule has 1 fully saturated rings. The van der Waals surface area contributed by atoms with Gasteiger partial charge in [0.05, 0.1) is 5.75 Å². The van der Waals surface area contributed by atoms with Crippen LogP contribution in [0.15, 0.2) is 64.2 Å². The Kier molecular flexibility index (Phi) is 4.91. The third kappa shape index (κ3) is 3.97. The monoisotopic (exact) mass is 409 g/mol. The third-order valence-electron chi connectivity index (χ3n) is 3.96. The van der Waals surface area contributed by atoms with Crippen molar-refractivity contribution >= 4 is 27.7 Å². The van der Waals surface area contributed by atoms with E-state index >= 15 is 0 Å². The van der Waals surface area contributed by atoms with E-state index in [0.29, 0.717) is 11.8 Å². The molecule has 0 amide bonds. The van der Waals surface area contributed by atoms with Gasteiger partial charge in [0.25, 0.3) is 0 Å². The van der Waals surface area contributed by atoms with Gasteiger partial charge in [-0.25, -0.2) is 0 Å². The Morgan fingerprint density at radius 2 is 1.80 bits per heavy atom. The van der Waals surface area contributed by atoms with Crippen molar-refractivity contribution in [2.75, 3.05) is 5.75 Å². The SMILES string of the molecule is Brc1ccc(-c2nnc(SCC#Cc3ccccc3)n2C2CC2)cc1. The fourth-order valence-electron chi connectivity index (χ4n) is 2.59. The molecule has 1 aliphatic rings. The molecule has 3 nitrogen and oxygen atoms in total. The molecule has 4 rings (SSSR count). The number of hydrogen-bond donors (Lipinski definition) is 0. The zero-order valence-electron chi connectivity index (χ0n) is 13.5. The lowest BCUT2D eigenvalue weighted by molar-refractivity contribution is 0.670. The van der Waals surface area contributed by atoms with Gasteiger partial charge in [0.1, 0.15) is 0 Å². The molecule has 0 saturated heterocycles. The molecule has 1 aliphatic carbocycles. The molecule has 1 aromatic heterocycles. The highest BCUT2D eigenvalue weighted by Crippen LogP contribution is 2.41. The molecule has 124 valence electrons. The first-order valence-corrected chi connectivity index (χ1v) is 9.97. The first-order valence-electron chi connectivity index (χ1n) is 8.19. The minimum absolute atomic E-state index is 0.526. The second kappa shape index (κ2) is 7.47. The van der Waals surface area contributed by atoms with E-state index in [9.17, 15) is 0 Å². The molecule has 0 radical (unpaired) electrons. The van der Waals surface area contributed by atoms with Crippen LogP contribution in [-0.2, 0) is 0 Å². The first-order chi connectivity index (χ1) is 12.3. The van der Waals surface area contributed by atoms with Gasteiger partial charge in [0.2, 0.25) is 0 Å². The fraction of sp³-hybridized carbons (Fsp3) is 0.200. The van der Waals surface area contributed by atoms with Gasteiger partial charge in [-0.1, -0.05) is 69.9 Å². The number of benzene rings is 2. The van der Waals surface area contributed by atoms with E-state index in [0.717, 1.165) is 26.6 Å². The Morgan fingerprint density at radius 1 is 1.04 bits per heavy atom. The molecule has 0 atom stereocenters. The summed E-state index contributed by atoms with van der Waals surface area (Å²) in [7, 11) is 0. The number of rotatable bonds is 4. The van der Waals surface area contributed by atoms with E-state index in [4.69, 9.17) is 0 Å². The number of hydrogen-bond acceptors (Lipinski definition) is 3. The normalized spacial score (nSPS) is 13.3. The molecule has 0 spiro atoms. The van der Waals surface area contributed by atoms with Gasteiger partial charge in [-0.05, 0) is 37.1 Å². The number of aromatic nitrogens is 3. The molecule has 5 heteroatoms. The van der Waals surface area contributed by atoms with Crippen molar-refractivity contribution in [2.45, 2.75) is 24.0 Å². The summed E-state index contributed by atoms with van der Waals surface area (Å²) in [5, 5.41) is 9.82. The van der Waals surface area contributed by atoms with E-state index in [1.54, 1.807) is 11.8 Å². The summed E-state index contributed by atoms with van der Waals surface area (Å²) in [6, 6.07) is 18.8. The Bertz CT molecular complexity index is 919. The Balaban J connectivity index is 1.52. The van der Waals surface area contributed by atoms with Crippen LogP contribution in [0.5, 0.6) is 0 Å². The molecular weight excluding hydrogens is 394 g/mol. The van der Waals surface area contributed by atoms with Crippen LogP contribution >= 0.6 is 27.7 Å². The van der Waals surface area contributed by atoms with Crippen molar-refractivity contribution in [3.8, 4) is 23.2 Å². The quantitative estimate of drug-likeness (QED) is 0.438. The van der Waals surface area contributed by atoms with Crippen molar-refractivity contribution in [3.63, 3.8) is 0 Å². The van der Waals surface area contributed by atoms with E-state index in [1.165, 1.54) is 12.8 Å². The highest BCUT2D eigenvalue weighted by molar-refractivity contribution is 9.10. The van der Waals surface area contributed by atoms with Gasteiger partial charge in [-0.2, -0.15) is 0 Å². The van der Waals surface area contributed by atoms with Gasteiger partial charge in [0.15, 0.2) is 11.0 Å². The van der Waals surface area contributed by atoms with E-state index in [2.05, 4.69) is 54.7 Å². The van der Waals surface area contributed by atoms with Crippen molar-refractivity contribution in [2.24, 2.45) is 0 Å². The number of thioether (sulfide) groups is 1. The molecule has 25 heavy (non-hydrogen) atoms. The molecule has 3 aromatic rings. The predicted octanol–water partition coefficient (Wildman–Crippen LogP) is 5.19. The van der Waals surface area contributed by atoms with Crippen LogP contribution in [0.25, 0.3) is 11.4 Å². The summed E-state index contributed by atoms with van der Waals surface area (Å²) in [6.45, 7) is 0. The summed E-state index contributed by atoms with van der Waals surface area (Å²) in [5.41, 5.74) is 2.15. The topological polar surface area (TPSA) is 30.7 Å². The van der Waals surface area contributed by atoms with Gasteiger partial charge in [-0.3, -0.25) is 4.57 Å². The predicted molar refractivity (Wildman–Crippen MR) is 105 cm³/mol. The lowest BCUT2D eigenvalue weighted by atomic mass is 10.2. The molecule has 1 heterocycles. The van der Waals surface area contributed by atoms with Crippen molar-refractivity contribution in [1.82, 2.24) is 14.8 Å².